The van der Waals surface area contributed by atoms with Crippen molar-refractivity contribution in [3.63, 3.8) is 0 Å². The van der Waals surface area contributed by atoms with Crippen LogP contribution in [0.4, 0.5) is 62.9 Å². The Morgan fingerprint density at radius 3 is 0.628 bits per heavy atom. The fourth-order valence-electron chi connectivity index (χ4n) is 11.3. The molecule has 3 heterocycles. The van der Waals surface area contributed by atoms with Crippen molar-refractivity contribution >= 4 is 107 Å². The van der Waals surface area contributed by atoms with Gasteiger partial charge in [-0.3, -0.25) is 19.2 Å². The van der Waals surface area contributed by atoms with E-state index >= 15 is 0 Å². The summed E-state index contributed by atoms with van der Waals surface area (Å²) in [5, 5.41) is 53.4. The molecule has 3 aliphatic rings. The first-order valence-electron chi connectivity index (χ1n) is 27.7. The zero-order valence-corrected chi connectivity index (χ0v) is 48.1. The fraction of sp³-hybridized carbons (Fsp3) is 0.300. The second kappa shape index (κ2) is 28.1. The molecule has 0 atom stereocenters. The van der Waals surface area contributed by atoms with Crippen molar-refractivity contribution in [2.24, 2.45) is 0 Å². The Hall–Kier alpha value is -10.7. The Morgan fingerprint density at radius 1 is 0.326 bits per heavy atom. The van der Waals surface area contributed by atoms with Crippen molar-refractivity contribution in [1.82, 2.24) is 31.9 Å². The van der Waals surface area contributed by atoms with E-state index in [-0.39, 0.29) is 95.6 Å². The van der Waals surface area contributed by atoms with E-state index in [4.69, 9.17) is 0 Å². The number of hydrogen-bond acceptors (Lipinski definition) is 12. The number of fused-ring (bicyclic) bond motifs is 18. The number of carbonyl (C=O) groups excluding carboxylic acids is 10. The predicted octanol–water partition coefficient (Wildman–Crippen LogP) is 8.26. The number of anilines is 6. The Bertz CT molecular complexity index is 3260. The average molecular weight is 1180 g/mol. The molecule has 0 radical (unpaired) electrons. The van der Waals surface area contributed by atoms with Gasteiger partial charge in [0.15, 0.2) is 25.1 Å². The number of aromatic carboxylic acids is 2. The molecule has 5 aromatic carbocycles. The summed E-state index contributed by atoms with van der Waals surface area (Å²) in [4.78, 5) is 160. The van der Waals surface area contributed by atoms with E-state index < -0.39 is 59.3 Å². The molecule has 450 valence electrons. The predicted molar refractivity (Wildman–Crippen MR) is 319 cm³/mol. The average Bonchev–Trinajstić information content (AvgIpc) is 1.59. The van der Waals surface area contributed by atoms with E-state index in [0.29, 0.717) is 130 Å². The maximum absolute atomic E-state index is 14.3. The smallest absolute Gasteiger partial charge is 0.336 e. The number of urea groups is 6. The molecule has 0 fully saturated rings. The Kier molecular flexibility index (Phi) is 20.5. The van der Waals surface area contributed by atoms with Crippen LogP contribution in [0.15, 0.2) is 36.4 Å². The number of nitrogens with one attached hydrogen (secondary N) is 12. The van der Waals surface area contributed by atoms with Crippen molar-refractivity contribution < 1.29 is 67.7 Å². The third-order valence-electron chi connectivity index (χ3n) is 15.1. The lowest BCUT2D eigenvalue weighted by atomic mass is 9.83. The summed E-state index contributed by atoms with van der Waals surface area (Å²) in [7, 11) is 0. The summed E-state index contributed by atoms with van der Waals surface area (Å²) in [6.07, 6.45) is 3.50. The Labute approximate surface area is 493 Å². The molecule has 3 aliphatic heterocycles. The molecule has 8 rings (SSSR count). The molecule has 0 aliphatic carbocycles. The zero-order valence-electron chi connectivity index (χ0n) is 48.1. The van der Waals surface area contributed by atoms with Crippen LogP contribution in [-0.2, 0) is 77.8 Å². The van der Waals surface area contributed by atoms with E-state index in [9.17, 15) is 67.7 Å². The minimum atomic E-state index is -1.65. The highest BCUT2D eigenvalue weighted by Gasteiger charge is 2.28. The summed E-state index contributed by atoms with van der Waals surface area (Å²) < 4.78 is 0. The van der Waals surface area contributed by atoms with Gasteiger partial charge in [0.05, 0.1) is 45.3 Å². The van der Waals surface area contributed by atoms with Crippen LogP contribution >= 0.6 is 0 Å². The van der Waals surface area contributed by atoms with Crippen LogP contribution < -0.4 is 63.8 Å². The van der Waals surface area contributed by atoms with Crippen LogP contribution in [0, 0.1) is 0 Å². The van der Waals surface area contributed by atoms with Gasteiger partial charge in [0.1, 0.15) is 0 Å². The number of carboxylic acids is 2. The lowest BCUT2D eigenvalue weighted by Crippen LogP contribution is -2.35. The molecular formula is C60H66N12O14. The largest absolute Gasteiger partial charge is 0.478 e. The number of carboxylic acid groups (broad SMARTS) is 2. The van der Waals surface area contributed by atoms with Gasteiger partial charge in [0.2, 0.25) is 0 Å². The normalized spacial score (nSPS) is 14.2. The minimum Gasteiger partial charge on any atom is -0.478 e. The first kappa shape index (κ1) is 62.9. The van der Waals surface area contributed by atoms with E-state index in [1.807, 2.05) is 41.5 Å². The van der Waals surface area contributed by atoms with Crippen LogP contribution in [0.25, 0.3) is 0 Å². The number of benzene rings is 5. The second-order valence-electron chi connectivity index (χ2n) is 19.8. The summed E-state index contributed by atoms with van der Waals surface area (Å²) >= 11 is 0. The molecule has 0 unspecified atom stereocenters. The number of hydrogen-bond donors (Lipinski definition) is 14. The maximum atomic E-state index is 14.3. The molecule has 0 aromatic heterocycles. The number of rotatable bonds is 12. The number of amides is 12. The van der Waals surface area contributed by atoms with Crippen molar-refractivity contribution in [2.75, 3.05) is 31.9 Å². The van der Waals surface area contributed by atoms with Crippen LogP contribution in [0.1, 0.15) is 170 Å². The van der Waals surface area contributed by atoms with Crippen molar-refractivity contribution in [1.29, 1.82) is 0 Å². The third kappa shape index (κ3) is 13.7. The topological polar surface area (TPSA) is 390 Å². The van der Waals surface area contributed by atoms with Crippen molar-refractivity contribution in [2.45, 2.75) is 119 Å². The molecule has 12 amide bonds. The molecular weight excluding hydrogens is 1110 g/mol. The monoisotopic (exact) mass is 1180 g/mol. The van der Waals surface area contributed by atoms with Gasteiger partial charge in [0, 0.05) is 61.5 Å². The zero-order chi connectivity index (χ0) is 62.5. The first-order chi connectivity index (χ1) is 41.3. The van der Waals surface area contributed by atoms with E-state index in [0.717, 1.165) is 12.1 Å². The second-order valence-corrected chi connectivity index (χ2v) is 19.8. The van der Waals surface area contributed by atoms with Gasteiger partial charge in [-0.05, 0) is 142 Å². The van der Waals surface area contributed by atoms with Gasteiger partial charge in [-0.25, -0.2) is 38.4 Å². The molecule has 14 N–H and O–H groups in total. The molecule has 26 nitrogen and oxygen atoms in total. The standard InChI is InChI=1S/C60H66N12O14/c1-7-33-41-19-61-55(81)67-47-13-29(25-73)31(27-75)15-49(47)69-57(83)63-21-43-34(8-2)44-22-64-58(84)70-50-16-32(28-76)30(26-74)14-48(50)68-56(82)62-20-42(33)36(10-4)45(35(41)9-3)23-65-59(85)71-51-17-39(53(77)78)40(54(79)80)18-52(51)72-60(86)66-24-46(37(43)11-5)38(44)12-6/h13-18,25-28H,7-12,19-24H2,1-6H3,(H,77,78)(H,79,80)(H2,61,67,81)(H2,62,68,82)(H2,63,69,83)(H2,64,70,84)(H2,65,71,85)(H2,66,72,86). The summed E-state index contributed by atoms with van der Waals surface area (Å²) in [5.74, 6) is -3.30. The van der Waals surface area contributed by atoms with Gasteiger partial charge in [0.25, 0.3) is 0 Å². The Balaban J connectivity index is 1.52. The molecule has 0 spiro atoms. The van der Waals surface area contributed by atoms with Crippen molar-refractivity contribution in [3.8, 4) is 0 Å². The van der Waals surface area contributed by atoms with E-state index in [2.05, 4.69) is 63.8 Å². The summed E-state index contributed by atoms with van der Waals surface area (Å²) in [5.41, 5.74) is 4.58. The molecule has 0 saturated carbocycles. The van der Waals surface area contributed by atoms with Crippen LogP contribution in [0.3, 0.4) is 0 Å². The molecule has 5 aromatic rings. The molecule has 86 heavy (non-hydrogen) atoms. The maximum Gasteiger partial charge on any atom is 0.336 e. The SMILES string of the molecule is CCc1c2c(CC)c3c(CC)c1CNC(=O)Nc1cc(C=O)c(C=O)cc1NC(=O)NCc1c(CC)c(c(CC)c(c1CC)CNC(=O)Nc1cc(C(=O)O)c(C(=O)O)cc1NC(=O)NC3)CNC(=O)Nc1cc(C=O)c(C=O)cc1NC(=O)NC2. The summed E-state index contributed by atoms with van der Waals surface area (Å²) in [6.45, 7) is 9.79. The van der Waals surface area contributed by atoms with Gasteiger partial charge in [-0.15, -0.1) is 0 Å². The quantitative estimate of drug-likeness (QED) is 0.0523. The Morgan fingerprint density at radius 2 is 0.488 bits per heavy atom. The number of carbonyl (C=O) groups is 12. The summed E-state index contributed by atoms with van der Waals surface area (Å²) in [6, 6.07) is 1.61. The lowest BCUT2D eigenvalue weighted by Gasteiger charge is -2.27. The van der Waals surface area contributed by atoms with Gasteiger partial charge in [-0.1, -0.05) is 41.5 Å². The van der Waals surface area contributed by atoms with Crippen LogP contribution in [0.5, 0.6) is 0 Å². The fourth-order valence-corrected chi connectivity index (χ4v) is 11.3. The molecule has 0 saturated heterocycles. The molecule has 26 heteroatoms. The van der Waals surface area contributed by atoms with Gasteiger partial charge < -0.3 is 74.0 Å². The van der Waals surface area contributed by atoms with E-state index in [1.54, 1.807) is 0 Å². The van der Waals surface area contributed by atoms with E-state index in [1.165, 1.54) is 24.3 Å². The van der Waals surface area contributed by atoms with Crippen LogP contribution in [-0.4, -0.2) is 83.5 Å². The minimum absolute atomic E-state index is 0.0673. The third-order valence-corrected chi connectivity index (χ3v) is 15.1. The highest BCUT2D eigenvalue weighted by Crippen LogP contribution is 2.35. The van der Waals surface area contributed by atoms with Gasteiger partial charge >= 0.3 is 48.1 Å². The highest BCUT2D eigenvalue weighted by molar-refractivity contribution is 6.08. The van der Waals surface area contributed by atoms with Gasteiger partial charge in [-0.2, -0.15) is 0 Å². The van der Waals surface area contributed by atoms with Crippen molar-refractivity contribution in [3.05, 3.63) is 137 Å². The van der Waals surface area contributed by atoms with Crippen LogP contribution in [0.2, 0.25) is 0 Å². The lowest BCUT2D eigenvalue weighted by molar-refractivity contribution is 0.0651. The first-order valence-corrected chi connectivity index (χ1v) is 27.7. The highest BCUT2D eigenvalue weighted by atomic mass is 16.4. The number of aldehydes is 4. The molecule has 6 bridgehead atoms.